The first-order chi connectivity index (χ1) is 13.5. The van der Waals surface area contributed by atoms with E-state index in [1.165, 1.54) is 0 Å². The Morgan fingerprint density at radius 1 is 1.00 bits per heavy atom. The van der Waals surface area contributed by atoms with E-state index in [1.807, 2.05) is 48.5 Å². The van der Waals surface area contributed by atoms with Crippen molar-refractivity contribution in [2.24, 2.45) is 5.73 Å². The normalized spacial score (nSPS) is 15.4. The number of nitrogens with two attached hydrogens (primary N) is 1. The summed E-state index contributed by atoms with van der Waals surface area (Å²) in [5, 5.41) is 0. The fraction of sp³-hybridized carbons (Fsp3) is 0.273. The Hall–Kier alpha value is -3.28. The van der Waals surface area contributed by atoms with Gasteiger partial charge in [-0.1, -0.05) is 42.5 Å². The number of hydrogen-bond donors (Lipinski definition) is 1. The lowest BCUT2D eigenvalue weighted by molar-refractivity contribution is -0.143. The minimum atomic E-state index is -0.591. The smallest absolute Gasteiger partial charge is 0.340 e. The van der Waals surface area contributed by atoms with Crippen molar-refractivity contribution in [1.82, 2.24) is 0 Å². The Morgan fingerprint density at radius 3 is 2.39 bits per heavy atom. The van der Waals surface area contributed by atoms with Gasteiger partial charge in [-0.2, -0.15) is 0 Å². The number of esters is 2. The minimum absolute atomic E-state index is 0.0241. The van der Waals surface area contributed by atoms with Crippen molar-refractivity contribution in [3.05, 3.63) is 65.6 Å². The molecule has 0 aromatic heterocycles. The highest BCUT2D eigenvalue weighted by Crippen LogP contribution is 2.42. The molecule has 1 aliphatic heterocycles. The van der Waals surface area contributed by atoms with Crippen LogP contribution in [0.1, 0.15) is 31.7 Å². The number of ether oxygens (including phenoxy) is 3. The quantitative estimate of drug-likeness (QED) is 0.771. The molecule has 1 unspecified atom stereocenters. The molecule has 0 aliphatic carbocycles. The monoisotopic (exact) mass is 381 g/mol. The van der Waals surface area contributed by atoms with Crippen molar-refractivity contribution in [3.8, 4) is 16.9 Å². The lowest BCUT2D eigenvalue weighted by Gasteiger charge is -2.28. The van der Waals surface area contributed by atoms with Gasteiger partial charge in [0.25, 0.3) is 0 Å². The van der Waals surface area contributed by atoms with E-state index < -0.39 is 17.9 Å². The van der Waals surface area contributed by atoms with Gasteiger partial charge in [0.1, 0.15) is 11.3 Å². The van der Waals surface area contributed by atoms with Crippen LogP contribution in [-0.4, -0.2) is 25.2 Å². The van der Waals surface area contributed by atoms with Crippen LogP contribution < -0.4 is 10.5 Å². The SMILES string of the molecule is CCOC(=O)CC1C(C(=O)OCC)=C(N)Oc2cc(-c3ccccc3)ccc21. The van der Waals surface area contributed by atoms with Gasteiger partial charge in [-0.3, -0.25) is 4.79 Å². The molecule has 2 aromatic carbocycles. The second-order valence-electron chi connectivity index (χ2n) is 6.28. The van der Waals surface area contributed by atoms with E-state index >= 15 is 0 Å². The van der Waals surface area contributed by atoms with Crippen molar-refractivity contribution in [1.29, 1.82) is 0 Å². The first-order valence-corrected chi connectivity index (χ1v) is 9.24. The van der Waals surface area contributed by atoms with Crippen molar-refractivity contribution in [2.75, 3.05) is 13.2 Å². The first-order valence-electron chi connectivity index (χ1n) is 9.24. The van der Waals surface area contributed by atoms with Crippen LogP contribution in [0.4, 0.5) is 0 Å². The lowest BCUT2D eigenvalue weighted by atomic mass is 9.85. The Bertz CT molecular complexity index is 904. The number of carbonyl (C=O) groups is 2. The highest BCUT2D eigenvalue weighted by Gasteiger charge is 2.36. The summed E-state index contributed by atoms with van der Waals surface area (Å²) in [5.74, 6) is -1.13. The van der Waals surface area contributed by atoms with Gasteiger partial charge in [0.2, 0.25) is 5.88 Å². The Balaban J connectivity index is 2.03. The topological polar surface area (TPSA) is 87.9 Å². The molecule has 3 rings (SSSR count). The van der Waals surface area contributed by atoms with E-state index in [4.69, 9.17) is 19.9 Å². The van der Waals surface area contributed by atoms with Crippen LogP contribution in [0.2, 0.25) is 0 Å². The summed E-state index contributed by atoms with van der Waals surface area (Å²) in [5.41, 5.74) is 8.87. The van der Waals surface area contributed by atoms with Gasteiger partial charge in [-0.05, 0) is 31.0 Å². The van der Waals surface area contributed by atoms with Gasteiger partial charge in [-0.15, -0.1) is 0 Å². The molecule has 146 valence electrons. The third-order valence-corrected chi connectivity index (χ3v) is 4.50. The van der Waals surface area contributed by atoms with E-state index in [2.05, 4.69) is 0 Å². The summed E-state index contributed by atoms with van der Waals surface area (Å²) in [6.45, 7) is 3.90. The Labute approximate surface area is 163 Å². The summed E-state index contributed by atoms with van der Waals surface area (Å²) in [4.78, 5) is 24.6. The standard InChI is InChI=1S/C22H23NO5/c1-3-26-19(24)13-17-16-11-10-15(14-8-6-5-7-9-14)12-18(16)28-21(23)20(17)22(25)27-4-2/h5-12,17H,3-4,13,23H2,1-2H3. The van der Waals surface area contributed by atoms with Crippen LogP contribution >= 0.6 is 0 Å². The number of hydrogen-bond acceptors (Lipinski definition) is 6. The molecule has 0 radical (unpaired) electrons. The van der Waals surface area contributed by atoms with E-state index in [1.54, 1.807) is 13.8 Å². The van der Waals surface area contributed by atoms with Crippen LogP contribution in [0.15, 0.2) is 60.0 Å². The molecule has 1 aliphatic rings. The average Bonchev–Trinajstić information content (AvgIpc) is 2.68. The van der Waals surface area contributed by atoms with Crippen LogP contribution in [0.5, 0.6) is 5.75 Å². The maximum Gasteiger partial charge on any atom is 0.340 e. The van der Waals surface area contributed by atoms with Gasteiger partial charge in [0.15, 0.2) is 0 Å². The van der Waals surface area contributed by atoms with Crippen LogP contribution in [-0.2, 0) is 19.1 Å². The summed E-state index contributed by atoms with van der Waals surface area (Å²) in [7, 11) is 0. The molecule has 6 heteroatoms. The molecule has 6 nitrogen and oxygen atoms in total. The number of fused-ring (bicyclic) bond motifs is 1. The summed E-state index contributed by atoms with van der Waals surface area (Å²) >= 11 is 0. The van der Waals surface area contributed by atoms with Crippen molar-refractivity contribution in [3.63, 3.8) is 0 Å². The highest BCUT2D eigenvalue weighted by atomic mass is 16.5. The van der Waals surface area contributed by atoms with Crippen LogP contribution in [0.3, 0.4) is 0 Å². The highest BCUT2D eigenvalue weighted by molar-refractivity contribution is 5.93. The molecule has 2 aromatic rings. The van der Waals surface area contributed by atoms with E-state index in [0.717, 1.165) is 11.1 Å². The van der Waals surface area contributed by atoms with Crippen molar-refractivity contribution >= 4 is 11.9 Å². The second kappa shape index (κ2) is 8.61. The van der Waals surface area contributed by atoms with Gasteiger partial charge in [0.05, 0.1) is 19.6 Å². The van der Waals surface area contributed by atoms with Crippen molar-refractivity contribution in [2.45, 2.75) is 26.2 Å². The molecule has 1 atom stereocenters. The summed E-state index contributed by atoms with van der Waals surface area (Å²) in [6.07, 6.45) is -0.0241. The zero-order chi connectivity index (χ0) is 20.1. The van der Waals surface area contributed by atoms with E-state index in [0.29, 0.717) is 11.3 Å². The van der Waals surface area contributed by atoms with Gasteiger partial charge < -0.3 is 19.9 Å². The van der Waals surface area contributed by atoms with E-state index in [-0.39, 0.29) is 31.1 Å². The minimum Gasteiger partial charge on any atom is -0.466 e. The zero-order valence-corrected chi connectivity index (χ0v) is 15.9. The fourth-order valence-electron chi connectivity index (χ4n) is 3.27. The summed E-state index contributed by atoms with van der Waals surface area (Å²) in [6, 6.07) is 15.5. The number of carbonyl (C=O) groups excluding carboxylic acids is 2. The predicted molar refractivity (Wildman–Crippen MR) is 104 cm³/mol. The van der Waals surface area contributed by atoms with E-state index in [9.17, 15) is 9.59 Å². The maximum absolute atomic E-state index is 12.5. The molecular weight excluding hydrogens is 358 g/mol. The van der Waals surface area contributed by atoms with Gasteiger partial charge in [-0.25, -0.2) is 4.79 Å². The lowest BCUT2D eigenvalue weighted by Crippen LogP contribution is -2.28. The zero-order valence-electron chi connectivity index (χ0n) is 15.9. The molecular formula is C22H23NO5. The molecule has 28 heavy (non-hydrogen) atoms. The van der Waals surface area contributed by atoms with Gasteiger partial charge in [0, 0.05) is 11.5 Å². The summed E-state index contributed by atoms with van der Waals surface area (Å²) < 4.78 is 16.0. The first kappa shape index (κ1) is 19.5. The third-order valence-electron chi connectivity index (χ3n) is 4.50. The molecule has 0 fully saturated rings. The average molecular weight is 381 g/mol. The fourth-order valence-corrected chi connectivity index (χ4v) is 3.27. The third kappa shape index (κ3) is 4.01. The molecule has 0 bridgehead atoms. The molecule has 0 saturated heterocycles. The molecule has 2 N–H and O–H groups in total. The number of rotatable bonds is 6. The number of benzene rings is 2. The van der Waals surface area contributed by atoms with Crippen molar-refractivity contribution < 1.29 is 23.8 Å². The molecule has 0 saturated carbocycles. The predicted octanol–water partition coefficient (Wildman–Crippen LogP) is 3.52. The van der Waals surface area contributed by atoms with Crippen LogP contribution in [0, 0.1) is 0 Å². The Morgan fingerprint density at radius 2 is 1.71 bits per heavy atom. The molecule has 1 heterocycles. The molecule has 0 amide bonds. The second-order valence-corrected chi connectivity index (χ2v) is 6.28. The largest absolute Gasteiger partial charge is 0.466 e. The molecule has 0 spiro atoms. The Kier molecular flexibility index (Phi) is 5.99. The van der Waals surface area contributed by atoms with Gasteiger partial charge >= 0.3 is 11.9 Å². The van der Waals surface area contributed by atoms with Crippen LogP contribution in [0.25, 0.3) is 11.1 Å². The maximum atomic E-state index is 12.5.